The largest absolute Gasteiger partial charge is 0.416 e. The summed E-state index contributed by atoms with van der Waals surface area (Å²) in [4.78, 5) is 12.1. The molecular weight excluding hydrogens is 425 g/mol. The van der Waals surface area contributed by atoms with E-state index in [2.05, 4.69) is 31.9 Å². The van der Waals surface area contributed by atoms with Crippen LogP contribution in [0.4, 0.5) is 13.2 Å². The molecule has 0 fully saturated rings. The Morgan fingerprint density at radius 2 is 1.68 bits per heavy atom. The second-order valence-electron chi connectivity index (χ2n) is 5.16. The number of fused-ring (bicyclic) bond motifs is 1. The van der Waals surface area contributed by atoms with Gasteiger partial charge in [0.2, 0.25) is 0 Å². The molecule has 0 unspecified atom stereocenters. The molecule has 6 heteroatoms. The van der Waals surface area contributed by atoms with E-state index in [0.717, 1.165) is 17.7 Å². The molecule has 0 aromatic heterocycles. The third-order valence-corrected chi connectivity index (χ3v) is 4.90. The molecule has 1 aliphatic rings. The molecule has 0 aliphatic heterocycles. The van der Waals surface area contributed by atoms with E-state index >= 15 is 0 Å². The predicted molar refractivity (Wildman–Crippen MR) is 85.5 cm³/mol. The Hall–Kier alpha value is -1.14. The zero-order chi connectivity index (χ0) is 16.1. The summed E-state index contributed by atoms with van der Waals surface area (Å²) >= 11 is 6.65. The van der Waals surface area contributed by atoms with Crippen LogP contribution in [0.1, 0.15) is 21.5 Å². The van der Waals surface area contributed by atoms with Crippen molar-refractivity contribution >= 4 is 37.6 Å². The van der Waals surface area contributed by atoms with Gasteiger partial charge in [0, 0.05) is 12.0 Å². The van der Waals surface area contributed by atoms with Gasteiger partial charge in [-0.25, -0.2) is 0 Å². The maximum absolute atomic E-state index is 12.8. The minimum atomic E-state index is -4.37. The molecule has 0 N–H and O–H groups in total. The smallest absolute Gasteiger partial charge is 0.292 e. The summed E-state index contributed by atoms with van der Waals surface area (Å²) in [6.07, 6.45) is -3.92. The molecule has 0 saturated heterocycles. The molecule has 114 valence electrons. The highest BCUT2D eigenvalue weighted by molar-refractivity contribution is 9.26. The van der Waals surface area contributed by atoms with E-state index in [1.165, 1.54) is 6.07 Å². The number of alkyl halides is 5. The van der Waals surface area contributed by atoms with Crippen molar-refractivity contribution in [3.05, 3.63) is 59.2 Å². The Morgan fingerprint density at radius 1 is 1.00 bits per heavy atom. The quantitative estimate of drug-likeness (QED) is 0.535. The highest BCUT2D eigenvalue weighted by atomic mass is 79.9. The van der Waals surface area contributed by atoms with Crippen LogP contribution in [0.3, 0.4) is 0 Å². The van der Waals surface area contributed by atoms with Crippen molar-refractivity contribution in [3.8, 4) is 11.1 Å². The number of rotatable bonds is 1. The minimum absolute atomic E-state index is 0.0712. The van der Waals surface area contributed by atoms with Crippen molar-refractivity contribution in [2.24, 2.45) is 0 Å². The van der Waals surface area contributed by atoms with Crippen LogP contribution in [-0.2, 0) is 12.6 Å². The van der Waals surface area contributed by atoms with Crippen molar-refractivity contribution in [2.45, 2.75) is 15.8 Å². The first-order valence-corrected chi connectivity index (χ1v) is 8.00. The highest BCUT2D eigenvalue weighted by Gasteiger charge is 2.41. The molecule has 3 rings (SSSR count). The monoisotopic (exact) mass is 432 g/mol. The van der Waals surface area contributed by atoms with Gasteiger partial charge in [-0.15, -0.1) is 0 Å². The van der Waals surface area contributed by atoms with Gasteiger partial charge in [0.25, 0.3) is 0 Å². The first-order valence-electron chi connectivity index (χ1n) is 6.42. The fourth-order valence-corrected chi connectivity index (χ4v) is 3.56. The molecule has 0 heterocycles. The zero-order valence-electron chi connectivity index (χ0n) is 11.0. The topological polar surface area (TPSA) is 17.1 Å². The van der Waals surface area contributed by atoms with Crippen molar-refractivity contribution in [3.63, 3.8) is 0 Å². The van der Waals surface area contributed by atoms with E-state index in [0.29, 0.717) is 23.1 Å². The van der Waals surface area contributed by atoms with Crippen LogP contribution in [0, 0.1) is 0 Å². The molecule has 0 saturated carbocycles. The number of ketones is 1. The molecule has 1 aliphatic carbocycles. The normalized spacial score (nSPS) is 16.7. The first-order chi connectivity index (χ1) is 10.2. The van der Waals surface area contributed by atoms with Gasteiger partial charge >= 0.3 is 6.18 Å². The molecule has 22 heavy (non-hydrogen) atoms. The Kier molecular flexibility index (Phi) is 3.72. The number of carbonyl (C=O) groups excluding carboxylic acids is 1. The molecule has 1 nitrogen and oxygen atoms in total. The van der Waals surface area contributed by atoms with E-state index in [-0.39, 0.29) is 5.78 Å². The summed E-state index contributed by atoms with van der Waals surface area (Å²) in [5, 5.41) is 0. The lowest BCUT2D eigenvalue weighted by atomic mass is 9.99. The van der Waals surface area contributed by atoms with Gasteiger partial charge in [0.05, 0.1) is 5.56 Å². The molecule has 0 bridgehead atoms. The fraction of sp³-hybridized carbons (Fsp3) is 0.188. The van der Waals surface area contributed by atoms with Gasteiger partial charge in [-0.1, -0.05) is 62.2 Å². The molecule has 0 spiro atoms. The maximum Gasteiger partial charge on any atom is 0.416 e. The number of Topliss-reactive ketones (excluding diaryl/α,β-unsaturated/α-hetero) is 1. The van der Waals surface area contributed by atoms with E-state index < -0.39 is 15.0 Å². The molecule has 0 amide bonds. The number of hydrogen-bond acceptors (Lipinski definition) is 1. The van der Waals surface area contributed by atoms with Crippen molar-refractivity contribution in [2.75, 3.05) is 0 Å². The third-order valence-electron chi connectivity index (χ3n) is 3.62. The van der Waals surface area contributed by atoms with Crippen molar-refractivity contribution < 1.29 is 18.0 Å². The van der Waals surface area contributed by atoms with E-state index in [9.17, 15) is 18.0 Å². The Bertz CT molecular complexity index is 766. The van der Waals surface area contributed by atoms with Crippen LogP contribution < -0.4 is 0 Å². The Labute approximate surface area is 141 Å². The van der Waals surface area contributed by atoms with E-state index in [4.69, 9.17) is 0 Å². The van der Waals surface area contributed by atoms with Crippen LogP contribution in [0.2, 0.25) is 0 Å². The lowest BCUT2D eigenvalue weighted by molar-refractivity contribution is -0.137. The van der Waals surface area contributed by atoms with Crippen molar-refractivity contribution in [1.82, 2.24) is 0 Å². The number of halogens is 5. The van der Waals surface area contributed by atoms with Gasteiger partial charge in [-0.2, -0.15) is 13.2 Å². The van der Waals surface area contributed by atoms with Gasteiger partial charge in [0.15, 0.2) is 5.78 Å². The summed E-state index contributed by atoms with van der Waals surface area (Å²) < 4.78 is 37.6. The highest BCUT2D eigenvalue weighted by Crippen LogP contribution is 2.42. The summed E-state index contributed by atoms with van der Waals surface area (Å²) in [6.45, 7) is 0. The van der Waals surface area contributed by atoms with Crippen LogP contribution in [-0.4, -0.2) is 9.02 Å². The second kappa shape index (κ2) is 5.20. The summed E-state index contributed by atoms with van der Waals surface area (Å²) in [6, 6.07) is 10.3. The number of carbonyl (C=O) groups is 1. The summed E-state index contributed by atoms with van der Waals surface area (Å²) in [5.41, 5.74) is 1.86. The minimum Gasteiger partial charge on any atom is -0.292 e. The van der Waals surface area contributed by atoms with Crippen LogP contribution in [0.5, 0.6) is 0 Å². The van der Waals surface area contributed by atoms with Crippen LogP contribution in [0.25, 0.3) is 11.1 Å². The lowest BCUT2D eigenvalue weighted by Gasteiger charge is -2.09. The van der Waals surface area contributed by atoms with E-state index in [1.807, 2.05) is 0 Å². The SMILES string of the molecule is O=C1c2ccc(-c3cccc(C(F)(F)F)c3)cc2CC1(Br)Br. The Balaban J connectivity index is 2.04. The van der Waals surface area contributed by atoms with Crippen LogP contribution >= 0.6 is 31.9 Å². The van der Waals surface area contributed by atoms with Gasteiger partial charge < -0.3 is 0 Å². The standard InChI is InChI=1S/C16H9Br2F3O/c17-15(18)8-11-6-10(4-5-13(11)14(15)22)9-2-1-3-12(7-9)16(19,20)21/h1-7H,8H2. The zero-order valence-corrected chi connectivity index (χ0v) is 14.2. The second-order valence-corrected chi connectivity index (χ2v) is 8.93. The molecule has 0 atom stereocenters. The molecule has 2 aromatic carbocycles. The summed E-state index contributed by atoms with van der Waals surface area (Å²) in [7, 11) is 0. The van der Waals surface area contributed by atoms with Gasteiger partial charge in [0.1, 0.15) is 3.23 Å². The average Bonchev–Trinajstić information content (AvgIpc) is 2.67. The van der Waals surface area contributed by atoms with Crippen LogP contribution in [0.15, 0.2) is 42.5 Å². The first kappa shape index (κ1) is 15.7. The Morgan fingerprint density at radius 3 is 2.36 bits per heavy atom. The number of hydrogen-bond donors (Lipinski definition) is 0. The fourth-order valence-electron chi connectivity index (χ4n) is 2.53. The maximum atomic E-state index is 12.8. The lowest BCUT2D eigenvalue weighted by Crippen LogP contribution is -2.19. The number of benzene rings is 2. The average molecular weight is 434 g/mol. The summed E-state index contributed by atoms with van der Waals surface area (Å²) in [5.74, 6) is -0.0712. The van der Waals surface area contributed by atoms with E-state index in [1.54, 1.807) is 24.3 Å². The van der Waals surface area contributed by atoms with Crippen molar-refractivity contribution in [1.29, 1.82) is 0 Å². The molecular formula is C16H9Br2F3O. The molecule has 0 radical (unpaired) electrons. The van der Waals surface area contributed by atoms with Gasteiger partial charge in [-0.3, -0.25) is 4.79 Å². The third kappa shape index (κ3) is 2.74. The predicted octanol–water partition coefficient (Wildman–Crippen LogP) is 5.60. The van der Waals surface area contributed by atoms with Gasteiger partial charge in [-0.05, 0) is 28.8 Å². The molecule has 2 aromatic rings.